The summed E-state index contributed by atoms with van der Waals surface area (Å²) in [6, 6.07) is 8.51. The lowest BCUT2D eigenvalue weighted by molar-refractivity contribution is -0.135. The smallest absolute Gasteiger partial charge is 0.371 e. The minimum Gasteiger partial charge on any atom is -0.490 e. The van der Waals surface area contributed by atoms with Gasteiger partial charge in [0.15, 0.2) is 0 Å². The molecular formula is C11H9NO3. The Morgan fingerprint density at radius 2 is 2.07 bits per heavy atom. The second kappa shape index (κ2) is 4.82. The Morgan fingerprint density at radius 1 is 1.47 bits per heavy atom. The number of benzene rings is 1. The molecule has 0 aliphatic heterocycles. The number of methoxy groups -OCH3 is 1. The van der Waals surface area contributed by atoms with Crippen molar-refractivity contribution in [3.8, 4) is 6.07 Å². The number of nitriles is 1. The van der Waals surface area contributed by atoms with E-state index in [1.54, 1.807) is 24.3 Å². The van der Waals surface area contributed by atoms with E-state index >= 15 is 0 Å². The van der Waals surface area contributed by atoms with E-state index in [-0.39, 0.29) is 5.76 Å². The van der Waals surface area contributed by atoms with Crippen LogP contribution in [0.1, 0.15) is 11.1 Å². The van der Waals surface area contributed by atoms with Crippen LogP contribution < -0.4 is 0 Å². The third-order valence-corrected chi connectivity index (χ3v) is 1.77. The first-order valence-electron chi connectivity index (χ1n) is 4.16. The summed E-state index contributed by atoms with van der Waals surface area (Å²) in [5.41, 5.74) is 1.20. The quantitative estimate of drug-likeness (QED) is 0.598. The maximum atomic E-state index is 10.6. The third-order valence-electron chi connectivity index (χ3n) is 1.77. The van der Waals surface area contributed by atoms with Crippen LogP contribution in [0, 0.1) is 11.3 Å². The van der Waals surface area contributed by atoms with Gasteiger partial charge in [-0.3, -0.25) is 0 Å². The molecule has 0 amide bonds. The minimum atomic E-state index is -1.12. The largest absolute Gasteiger partial charge is 0.490 e. The molecule has 15 heavy (non-hydrogen) atoms. The molecule has 0 heterocycles. The molecule has 4 nitrogen and oxygen atoms in total. The summed E-state index contributed by atoms with van der Waals surface area (Å²) in [5.74, 6) is -1.26. The lowest BCUT2D eigenvalue weighted by atomic mass is 10.1. The summed E-state index contributed by atoms with van der Waals surface area (Å²) >= 11 is 0. The SMILES string of the molecule is CO/C(=C\c1ccc(C#N)cc1)C(=O)O. The number of ether oxygens (including phenoxy) is 1. The number of carbonyl (C=O) groups is 1. The van der Waals surface area contributed by atoms with Crippen molar-refractivity contribution in [2.45, 2.75) is 0 Å². The zero-order valence-corrected chi connectivity index (χ0v) is 8.10. The predicted octanol–water partition coefficient (Wildman–Crippen LogP) is 1.63. The molecule has 0 aromatic heterocycles. The molecule has 0 spiro atoms. The van der Waals surface area contributed by atoms with Crippen LogP contribution in [0.4, 0.5) is 0 Å². The van der Waals surface area contributed by atoms with E-state index in [2.05, 4.69) is 4.74 Å². The maximum absolute atomic E-state index is 10.6. The minimum absolute atomic E-state index is 0.139. The van der Waals surface area contributed by atoms with Crippen LogP contribution >= 0.6 is 0 Å². The van der Waals surface area contributed by atoms with E-state index in [1.165, 1.54) is 13.2 Å². The highest BCUT2D eigenvalue weighted by Crippen LogP contribution is 2.09. The Balaban J connectivity index is 2.98. The van der Waals surface area contributed by atoms with Gasteiger partial charge in [-0.15, -0.1) is 0 Å². The fourth-order valence-corrected chi connectivity index (χ4v) is 1.01. The molecule has 0 radical (unpaired) electrons. The van der Waals surface area contributed by atoms with Gasteiger partial charge in [-0.2, -0.15) is 5.26 Å². The van der Waals surface area contributed by atoms with Crippen molar-refractivity contribution < 1.29 is 14.6 Å². The number of rotatable bonds is 3. The van der Waals surface area contributed by atoms with Gasteiger partial charge in [0, 0.05) is 0 Å². The van der Waals surface area contributed by atoms with Crippen LogP contribution in [0.25, 0.3) is 6.08 Å². The number of carboxylic acid groups (broad SMARTS) is 1. The highest BCUT2D eigenvalue weighted by Gasteiger charge is 2.05. The molecule has 0 aliphatic rings. The van der Waals surface area contributed by atoms with Gasteiger partial charge in [0.05, 0.1) is 18.7 Å². The lowest BCUT2D eigenvalue weighted by Gasteiger charge is -2.00. The molecule has 4 heteroatoms. The zero-order valence-electron chi connectivity index (χ0n) is 8.10. The Kier molecular flexibility index (Phi) is 3.47. The van der Waals surface area contributed by atoms with Crippen molar-refractivity contribution >= 4 is 12.0 Å². The van der Waals surface area contributed by atoms with Crippen molar-refractivity contribution in [2.24, 2.45) is 0 Å². The first-order chi connectivity index (χ1) is 7.17. The van der Waals surface area contributed by atoms with E-state index < -0.39 is 5.97 Å². The summed E-state index contributed by atoms with van der Waals surface area (Å²) in [6.45, 7) is 0. The number of hydrogen-bond donors (Lipinski definition) is 1. The Hall–Kier alpha value is -2.28. The second-order valence-corrected chi connectivity index (χ2v) is 2.75. The highest BCUT2D eigenvalue weighted by molar-refractivity contribution is 5.89. The molecule has 1 rings (SSSR count). The first kappa shape index (κ1) is 10.8. The van der Waals surface area contributed by atoms with Crippen LogP contribution in [-0.2, 0) is 9.53 Å². The maximum Gasteiger partial charge on any atom is 0.371 e. The summed E-state index contributed by atoms with van der Waals surface area (Å²) in [6.07, 6.45) is 1.39. The van der Waals surface area contributed by atoms with E-state index in [0.29, 0.717) is 11.1 Å². The van der Waals surface area contributed by atoms with Gasteiger partial charge < -0.3 is 9.84 Å². The Morgan fingerprint density at radius 3 is 2.47 bits per heavy atom. The van der Waals surface area contributed by atoms with E-state index in [9.17, 15) is 4.79 Å². The Labute approximate surface area is 87.0 Å². The molecule has 0 aliphatic carbocycles. The zero-order chi connectivity index (χ0) is 11.3. The van der Waals surface area contributed by atoms with E-state index in [0.717, 1.165) is 0 Å². The molecule has 0 saturated carbocycles. The van der Waals surface area contributed by atoms with Crippen molar-refractivity contribution in [1.29, 1.82) is 5.26 Å². The van der Waals surface area contributed by atoms with Crippen LogP contribution in [0.5, 0.6) is 0 Å². The highest BCUT2D eigenvalue weighted by atomic mass is 16.5. The topological polar surface area (TPSA) is 70.3 Å². The standard InChI is InChI=1S/C11H9NO3/c1-15-10(11(13)14)6-8-2-4-9(7-12)5-3-8/h2-6H,1H3,(H,13,14)/b10-6-. The van der Waals surface area contributed by atoms with Crippen molar-refractivity contribution in [3.63, 3.8) is 0 Å². The Bertz CT molecular complexity index is 426. The van der Waals surface area contributed by atoms with Gasteiger partial charge in [0.25, 0.3) is 0 Å². The summed E-state index contributed by atoms with van der Waals surface area (Å²) in [5, 5.41) is 17.3. The van der Waals surface area contributed by atoms with Crippen LogP contribution in [0.2, 0.25) is 0 Å². The van der Waals surface area contributed by atoms with Crippen molar-refractivity contribution in [1.82, 2.24) is 0 Å². The molecule has 0 fully saturated rings. The van der Waals surface area contributed by atoms with E-state index in [1.807, 2.05) is 6.07 Å². The van der Waals surface area contributed by atoms with Crippen LogP contribution in [0.3, 0.4) is 0 Å². The second-order valence-electron chi connectivity index (χ2n) is 2.75. The fourth-order valence-electron chi connectivity index (χ4n) is 1.01. The first-order valence-corrected chi connectivity index (χ1v) is 4.16. The van der Waals surface area contributed by atoms with Gasteiger partial charge in [-0.25, -0.2) is 4.79 Å². The molecule has 1 N–H and O–H groups in total. The molecule has 0 bridgehead atoms. The van der Waals surface area contributed by atoms with Crippen LogP contribution in [0.15, 0.2) is 30.0 Å². The fraction of sp³-hybridized carbons (Fsp3) is 0.0909. The normalized spacial score (nSPS) is 10.5. The average Bonchev–Trinajstić information content (AvgIpc) is 2.26. The monoisotopic (exact) mass is 203 g/mol. The molecule has 0 atom stereocenters. The van der Waals surface area contributed by atoms with Crippen molar-refractivity contribution in [2.75, 3.05) is 7.11 Å². The molecule has 0 unspecified atom stereocenters. The average molecular weight is 203 g/mol. The number of aliphatic carboxylic acids is 1. The number of hydrogen-bond acceptors (Lipinski definition) is 3. The van der Waals surface area contributed by atoms with Crippen molar-refractivity contribution in [3.05, 3.63) is 41.2 Å². The summed E-state index contributed by atoms with van der Waals surface area (Å²) < 4.78 is 4.67. The molecule has 1 aromatic carbocycles. The summed E-state index contributed by atoms with van der Waals surface area (Å²) in [7, 11) is 1.30. The van der Waals surface area contributed by atoms with Gasteiger partial charge in [-0.1, -0.05) is 12.1 Å². The molecular weight excluding hydrogens is 194 g/mol. The van der Waals surface area contributed by atoms with Gasteiger partial charge in [0.2, 0.25) is 5.76 Å². The third kappa shape index (κ3) is 2.85. The van der Waals surface area contributed by atoms with Gasteiger partial charge >= 0.3 is 5.97 Å². The number of nitrogens with zero attached hydrogens (tertiary/aromatic N) is 1. The van der Waals surface area contributed by atoms with Gasteiger partial charge in [-0.05, 0) is 23.8 Å². The number of carboxylic acids is 1. The molecule has 0 saturated heterocycles. The molecule has 1 aromatic rings. The predicted molar refractivity (Wildman–Crippen MR) is 53.8 cm³/mol. The van der Waals surface area contributed by atoms with E-state index in [4.69, 9.17) is 10.4 Å². The molecule has 76 valence electrons. The lowest BCUT2D eigenvalue weighted by Crippen LogP contribution is -2.01. The summed E-state index contributed by atoms with van der Waals surface area (Å²) in [4.78, 5) is 10.6. The van der Waals surface area contributed by atoms with Crippen LogP contribution in [-0.4, -0.2) is 18.2 Å². The van der Waals surface area contributed by atoms with Gasteiger partial charge in [0.1, 0.15) is 0 Å².